The lowest BCUT2D eigenvalue weighted by Crippen LogP contribution is -2.19. The van der Waals surface area contributed by atoms with Crippen LogP contribution in [-0.2, 0) is 11.3 Å². The van der Waals surface area contributed by atoms with Gasteiger partial charge in [-0.1, -0.05) is 36.4 Å². The molecule has 0 saturated heterocycles. The quantitative estimate of drug-likeness (QED) is 0.704. The molecule has 1 amide bonds. The van der Waals surface area contributed by atoms with Crippen molar-refractivity contribution in [3.8, 4) is 0 Å². The summed E-state index contributed by atoms with van der Waals surface area (Å²) >= 11 is 0. The molecule has 3 aromatic rings. The van der Waals surface area contributed by atoms with Gasteiger partial charge in [-0.15, -0.1) is 0 Å². The average molecular weight is 362 g/mol. The summed E-state index contributed by atoms with van der Waals surface area (Å²) in [6, 6.07) is 17.4. The molecule has 0 aliphatic carbocycles. The molecule has 4 nitrogen and oxygen atoms in total. The van der Waals surface area contributed by atoms with E-state index in [-0.39, 0.29) is 23.4 Å². The van der Waals surface area contributed by atoms with Crippen molar-refractivity contribution in [2.24, 2.45) is 0 Å². The fraction of sp³-hybridized carbons (Fsp3) is 0.182. The number of fused-ring (bicyclic) bond motifs is 1. The second-order valence-electron chi connectivity index (χ2n) is 6.78. The van der Waals surface area contributed by atoms with Crippen LogP contribution in [0.5, 0.6) is 0 Å². The first-order chi connectivity index (χ1) is 13.0. The third kappa shape index (κ3) is 3.16. The number of ketones is 1. The molecular weight excluding hydrogens is 343 g/mol. The highest BCUT2D eigenvalue weighted by Crippen LogP contribution is 2.32. The Bertz CT molecular complexity index is 1020. The number of hydrogen-bond acceptors (Lipinski definition) is 2. The van der Waals surface area contributed by atoms with E-state index in [1.54, 1.807) is 37.3 Å². The summed E-state index contributed by atoms with van der Waals surface area (Å²) in [5, 5.41) is 2.79. The molecule has 5 heteroatoms. The summed E-state index contributed by atoms with van der Waals surface area (Å²) in [6.07, 6.45) is 0.616. The maximum Gasteiger partial charge on any atom is 0.233 e. The standard InChI is InChI=1S/C22H19FN2O2/c1-14-7-8-16(13-18(14)23)24-22(27)17-11-12-25-19(17)9-10-20(25)21(26)15-5-3-2-4-6-15/h2-10,13,17H,11-12H2,1H3,(H,24,27)/t17-/m0/s1. The molecule has 0 unspecified atom stereocenters. The zero-order chi connectivity index (χ0) is 19.0. The second kappa shape index (κ2) is 6.83. The molecule has 0 saturated carbocycles. The van der Waals surface area contributed by atoms with Crippen molar-refractivity contribution in [2.45, 2.75) is 25.8 Å². The summed E-state index contributed by atoms with van der Waals surface area (Å²) < 4.78 is 15.6. The maximum atomic E-state index is 13.7. The number of nitrogens with zero attached hydrogens (tertiary/aromatic N) is 1. The smallest absolute Gasteiger partial charge is 0.233 e. The Hall–Kier alpha value is -3.21. The van der Waals surface area contributed by atoms with Crippen LogP contribution < -0.4 is 5.32 Å². The lowest BCUT2D eigenvalue weighted by atomic mass is 10.0. The summed E-state index contributed by atoms with van der Waals surface area (Å²) in [4.78, 5) is 25.4. The number of nitrogens with one attached hydrogen (secondary N) is 1. The van der Waals surface area contributed by atoms with Crippen molar-refractivity contribution in [1.29, 1.82) is 0 Å². The third-order valence-corrected chi connectivity index (χ3v) is 5.04. The molecule has 0 spiro atoms. The lowest BCUT2D eigenvalue weighted by Gasteiger charge is -2.11. The molecular formula is C22H19FN2O2. The van der Waals surface area contributed by atoms with E-state index in [2.05, 4.69) is 5.32 Å². The molecule has 1 atom stereocenters. The van der Waals surface area contributed by atoms with Crippen molar-refractivity contribution in [3.05, 3.63) is 89.0 Å². The average Bonchev–Trinajstić information content (AvgIpc) is 3.27. The molecule has 4 rings (SSSR count). The van der Waals surface area contributed by atoms with E-state index in [1.807, 2.05) is 28.8 Å². The zero-order valence-electron chi connectivity index (χ0n) is 14.9. The number of benzene rings is 2. The number of anilines is 1. The third-order valence-electron chi connectivity index (χ3n) is 5.04. The van der Waals surface area contributed by atoms with Gasteiger partial charge >= 0.3 is 0 Å². The first-order valence-corrected chi connectivity index (χ1v) is 8.91. The summed E-state index contributed by atoms with van der Waals surface area (Å²) in [5.41, 5.74) is 3.01. The van der Waals surface area contributed by atoms with Gasteiger partial charge in [-0.05, 0) is 43.2 Å². The Labute approximate surface area is 156 Å². The Kier molecular flexibility index (Phi) is 4.36. The van der Waals surface area contributed by atoms with Gasteiger partial charge in [-0.3, -0.25) is 9.59 Å². The highest BCUT2D eigenvalue weighted by Gasteiger charge is 2.32. The number of amides is 1. The summed E-state index contributed by atoms with van der Waals surface area (Å²) in [7, 11) is 0. The lowest BCUT2D eigenvalue weighted by molar-refractivity contribution is -0.117. The van der Waals surface area contributed by atoms with Crippen molar-refractivity contribution in [3.63, 3.8) is 0 Å². The Morgan fingerprint density at radius 3 is 2.59 bits per heavy atom. The van der Waals surface area contributed by atoms with Crippen molar-refractivity contribution in [1.82, 2.24) is 4.57 Å². The van der Waals surface area contributed by atoms with E-state index < -0.39 is 0 Å². The second-order valence-corrected chi connectivity index (χ2v) is 6.78. The molecule has 136 valence electrons. The van der Waals surface area contributed by atoms with E-state index in [9.17, 15) is 14.0 Å². The predicted molar refractivity (Wildman–Crippen MR) is 101 cm³/mol. The molecule has 1 aliphatic heterocycles. The van der Waals surface area contributed by atoms with Gasteiger partial charge in [-0.2, -0.15) is 0 Å². The maximum absolute atomic E-state index is 13.7. The minimum Gasteiger partial charge on any atom is -0.341 e. The first kappa shape index (κ1) is 17.2. The fourth-order valence-corrected chi connectivity index (χ4v) is 3.54. The van der Waals surface area contributed by atoms with Gasteiger partial charge in [0.15, 0.2) is 0 Å². The Morgan fingerprint density at radius 1 is 1.07 bits per heavy atom. The van der Waals surface area contributed by atoms with Gasteiger partial charge in [0.25, 0.3) is 0 Å². The van der Waals surface area contributed by atoms with E-state index in [1.165, 1.54) is 6.07 Å². The van der Waals surface area contributed by atoms with Crippen molar-refractivity contribution < 1.29 is 14.0 Å². The van der Waals surface area contributed by atoms with Crippen LogP contribution in [0.2, 0.25) is 0 Å². The van der Waals surface area contributed by atoms with Gasteiger partial charge in [0, 0.05) is 23.5 Å². The minimum atomic E-state index is -0.355. The van der Waals surface area contributed by atoms with Crippen molar-refractivity contribution >= 4 is 17.4 Å². The number of hydrogen-bond donors (Lipinski definition) is 1. The largest absolute Gasteiger partial charge is 0.341 e. The molecule has 1 N–H and O–H groups in total. The molecule has 0 fully saturated rings. The van der Waals surface area contributed by atoms with Crippen LogP contribution in [0.1, 0.15) is 39.6 Å². The fourth-order valence-electron chi connectivity index (χ4n) is 3.54. The normalized spacial score (nSPS) is 15.4. The molecule has 0 bridgehead atoms. The van der Waals surface area contributed by atoms with Gasteiger partial charge in [0.05, 0.1) is 11.6 Å². The molecule has 1 aliphatic rings. The van der Waals surface area contributed by atoms with E-state index in [4.69, 9.17) is 0 Å². The number of aromatic nitrogens is 1. The van der Waals surface area contributed by atoms with Crippen molar-refractivity contribution in [2.75, 3.05) is 5.32 Å². The summed E-state index contributed by atoms with van der Waals surface area (Å²) in [6.45, 7) is 2.28. The number of carbonyl (C=O) groups is 2. The predicted octanol–water partition coefficient (Wildman–Crippen LogP) is 4.29. The highest BCUT2D eigenvalue weighted by molar-refractivity contribution is 6.08. The van der Waals surface area contributed by atoms with Crippen LogP contribution in [0, 0.1) is 12.7 Å². The topological polar surface area (TPSA) is 51.1 Å². The Morgan fingerprint density at radius 2 is 1.85 bits per heavy atom. The van der Waals surface area contributed by atoms with Gasteiger partial charge in [-0.25, -0.2) is 4.39 Å². The molecule has 2 aromatic carbocycles. The first-order valence-electron chi connectivity index (χ1n) is 8.91. The number of rotatable bonds is 4. The van der Waals surface area contributed by atoms with Crippen LogP contribution in [0.4, 0.5) is 10.1 Å². The molecule has 1 aromatic heterocycles. The summed E-state index contributed by atoms with van der Waals surface area (Å²) in [5.74, 6) is -0.942. The van der Waals surface area contributed by atoms with Crippen LogP contribution >= 0.6 is 0 Å². The Balaban J connectivity index is 1.55. The van der Waals surface area contributed by atoms with E-state index in [0.29, 0.717) is 35.5 Å². The van der Waals surface area contributed by atoms with Gasteiger partial charge < -0.3 is 9.88 Å². The monoisotopic (exact) mass is 362 g/mol. The van der Waals surface area contributed by atoms with Crippen LogP contribution in [0.25, 0.3) is 0 Å². The van der Waals surface area contributed by atoms with Gasteiger partial charge in [0.1, 0.15) is 5.82 Å². The highest BCUT2D eigenvalue weighted by atomic mass is 19.1. The number of carbonyl (C=O) groups excluding carboxylic acids is 2. The SMILES string of the molecule is Cc1ccc(NC(=O)[C@H]2CCn3c(C(=O)c4ccccc4)ccc32)cc1F. The van der Waals surface area contributed by atoms with Crippen LogP contribution in [0.15, 0.2) is 60.7 Å². The van der Waals surface area contributed by atoms with Gasteiger partial charge in [0.2, 0.25) is 11.7 Å². The molecule has 0 radical (unpaired) electrons. The molecule has 2 heterocycles. The van der Waals surface area contributed by atoms with Crippen LogP contribution in [-0.4, -0.2) is 16.3 Å². The van der Waals surface area contributed by atoms with E-state index in [0.717, 1.165) is 5.69 Å². The molecule has 27 heavy (non-hydrogen) atoms. The van der Waals surface area contributed by atoms with Crippen LogP contribution in [0.3, 0.4) is 0 Å². The number of halogens is 1. The zero-order valence-corrected chi connectivity index (χ0v) is 14.9. The van der Waals surface area contributed by atoms with E-state index >= 15 is 0 Å². The number of aryl methyl sites for hydroxylation is 1. The minimum absolute atomic E-state index is 0.0523.